The SMILES string of the molecule is CC.COC(=O)c1ccc(-c2n[nH]c3cccnc23)c(F)c1. The van der Waals surface area contributed by atoms with E-state index in [0.29, 0.717) is 11.2 Å². The van der Waals surface area contributed by atoms with E-state index >= 15 is 0 Å². The Labute approximate surface area is 127 Å². The Bertz CT molecular complexity index is 799. The van der Waals surface area contributed by atoms with Gasteiger partial charge in [0.05, 0.1) is 18.2 Å². The Hall–Kier alpha value is -2.76. The second-order valence-corrected chi connectivity index (χ2v) is 4.16. The lowest BCUT2D eigenvalue weighted by Crippen LogP contribution is -2.02. The molecule has 0 atom stereocenters. The third-order valence-corrected chi connectivity index (χ3v) is 2.97. The fraction of sp³-hybridized carbons (Fsp3) is 0.188. The van der Waals surface area contributed by atoms with Crippen LogP contribution in [0.5, 0.6) is 0 Å². The third-order valence-electron chi connectivity index (χ3n) is 2.97. The van der Waals surface area contributed by atoms with Crippen LogP contribution in [0.25, 0.3) is 22.3 Å². The van der Waals surface area contributed by atoms with Crippen molar-refractivity contribution in [3.8, 4) is 11.3 Å². The molecule has 5 nitrogen and oxygen atoms in total. The van der Waals surface area contributed by atoms with Crippen molar-refractivity contribution in [1.82, 2.24) is 15.2 Å². The van der Waals surface area contributed by atoms with Crippen molar-refractivity contribution >= 4 is 17.0 Å². The van der Waals surface area contributed by atoms with Gasteiger partial charge in [-0.05, 0) is 30.3 Å². The van der Waals surface area contributed by atoms with Gasteiger partial charge in [-0.15, -0.1) is 0 Å². The Morgan fingerprint density at radius 3 is 2.73 bits per heavy atom. The molecule has 114 valence electrons. The summed E-state index contributed by atoms with van der Waals surface area (Å²) in [5.41, 5.74) is 2.15. The molecule has 1 N–H and O–H groups in total. The van der Waals surface area contributed by atoms with Gasteiger partial charge in [0.25, 0.3) is 0 Å². The van der Waals surface area contributed by atoms with Crippen molar-refractivity contribution < 1.29 is 13.9 Å². The Kier molecular flexibility index (Phi) is 4.83. The summed E-state index contributed by atoms with van der Waals surface area (Å²) in [6.45, 7) is 4.00. The lowest BCUT2D eigenvalue weighted by Gasteiger charge is -2.03. The first kappa shape index (κ1) is 15.6. The number of rotatable bonds is 2. The molecule has 6 heteroatoms. The fourth-order valence-corrected chi connectivity index (χ4v) is 1.99. The van der Waals surface area contributed by atoms with Gasteiger partial charge in [-0.25, -0.2) is 9.18 Å². The molecule has 0 aliphatic carbocycles. The first-order chi connectivity index (χ1) is 10.7. The summed E-state index contributed by atoms with van der Waals surface area (Å²) in [4.78, 5) is 15.5. The van der Waals surface area contributed by atoms with Crippen molar-refractivity contribution in [2.45, 2.75) is 13.8 Å². The minimum atomic E-state index is -0.583. The molecule has 0 radical (unpaired) electrons. The lowest BCUT2D eigenvalue weighted by atomic mass is 10.1. The predicted molar refractivity (Wildman–Crippen MR) is 82.0 cm³/mol. The molecular weight excluding hydrogens is 285 g/mol. The number of halogens is 1. The van der Waals surface area contributed by atoms with Gasteiger partial charge in [-0.3, -0.25) is 10.1 Å². The quantitative estimate of drug-likeness (QED) is 0.735. The average molecular weight is 301 g/mol. The van der Waals surface area contributed by atoms with Crippen molar-refractivity contribution in [3.63, 3.8) is 0 Å². The standard InChI is InChI=1S/C14H10FN3O2.C2H6/c1-20-14(19)8-4-5-9(10(15)7-8)12-13-11(17-18-12)3-2-6-16-13;1-2/h2-7H,1H3,(H,17,18);1-2H3. The van der Waals surface area contributed by atoms with E-state index in [9.17, 15) is 9.18 Å². The largest absolute Gasteiger partial charge is 0.465 e. The Balaban J connectivity index is 0.000000847. The van der Waals surface area contributed by atoms with Gasteiger partial charge in [0.2, 0.25) is 0 Å². The first-order valence-corrected chi connectivity index (χ1v) is 6.88. The highest BCUT2D eigenvalue weighted by atomic mass is 19.1. The molecular formula is C16H16FN3O2. The van der Waals surface area contributed by atoms with E-state index in [-0.39, 0.29) is 11.1 Å². The number of pyridine rings is 1. The molecule has 3 aromatic rings. The van der Waals surface area contributed by atoms with Gasteiger partial charge in [-0.1, -0.05) is 13.8 Å². The number of aromatic nitrogens is 3. The third kappa shape index (κ3) is 2.81. The second-order valence-electron chi connectivity index (χ2n) is 4.16. The van der Waals surface area contributed by atoms with Crippen molar-refractivity contribution in [3.05, 3.63) is 47.9 Å². The maximum atomic E-state index is 14.1. The van der Waals surface area contributed by atoms with Gasteiger partial charge < -0.3 is 4.74 Å². The fourth-order valence-electron chi connectivity index (χ4n) is 1.99. The van der Waals surface area contributed by atoms with Crippen LogP contribution in [-0.4, -0.2) is 28.3 Å². The number of nitrogens with zero attached hydrogens (tertiary/aromatic N) is 2. The number of carbonyl (C=O) groups is 1. The zero-order valence-corrected chi connectivity index (χ0v) is 12.6. The van der Waals surface area contributed by atoms with Crippen LogP contribution in [0.2, 0.25) is 0 Å². The second kappa shape index (κ2) is 6.80. The number of aromatic amines is 1. The molecule has 2 aromatic heterocycles. The number of ether oxygens (including phenoxy) is 1. The number of esters is 1. The number of nitrogens with one attached hydrogen (secondary N) is 1. The molecule has 0 fully saturated rings. The van der Waals surface area contributed by atoms with Crippen molar-refractivity contribution in [2.24, 2.45) is 0 Å². The van der Waals surface area contributed by atoms with E-state index < -0.39 is 11.8 Å². The highest BCUT2D eigenvalue weighted by molar-refractivity contribution is 5.92. The topological polar surface area (TPSA) is 67.9 Å². The summed E-state index contributed by atoms with van der Waals surface area (Å²) in [7, 11) is 1.25. The number of hydrogen-bond donors (Lipinski definition) is 1. The van der Waals surface area contributed by atoms with Crippen molar-refractivity contribution in [2.75, 3.05) is 7.11 Å². The summed E-state index contributed by atoms with van der Waals surface area (Å²) in [5, 5.41) is 6.87. The van der Waals surface area contributed by atoms with Gasteiger partial charge in [0.1, 0.15) is 17.0 Å². The number of hydrogen-bond acceptors (Lipinski definition) is 4. The van der Waals surface area contributed by atoms with Gasteiger partial charge in [0.15, 0.2) is 0 Å². The van der Waals surface area contributed by atoms with Crippen LogP contribution < -0.4 is 0 Å². The zero-order valence-electron chi connectivity index (χ0n) is 12.6. The van der Waals surface area contributed by atoms with E-state index in [2.05, 4.69) is 19.9 Å². The molecule has 0 saturated heterocycles. The maximum Gasteiger partial charge on any atom is 0.337 e. The summed E-state index contributed by atoms with van der Waals surface area (Å²) in [6, 6.07) is 7.69. The van der Waals surface area contributed by atoms with E-state index in [0.717, 1.165) is 11.6 Å². The molecule has 0 amide bonds. The van der Waals surface area contributed by atoms with Crippen LogP contribution >= 0.6 is 0 Å². The number of benzene rings is 1. The molecule has 3 rings (SSSR count). The normalized spacial score (nSPS) is 10.0. The minimum Gasteiger partial charge on any atom is -0.465 e. The predicted octanol–water partition coefficient (Wildman–Crippen LogP) is 3.58. The molecule has 0 aliphatic heterocycles. The summed E-state index contributed by atoms with van der Waals surface area (Å²) in [5.74, 6) is -1.13. The lowest BCUT2D eigenvalue weighted by molar-refractivity contribution is 0.0600. The van der Waals surface area contributed by atoms with E-state index in [4.69, 9.17) is 0 Å². The van der Waals surface area contributed by atoms with Gasteiger partial charge in [-0.2, -0.15) is 5.10 Å². The van der Waals surface area contributed by atoms with Crippen molar-refractivity contribution in [1.29, 1.82) is 0 Å². The molecule has 0 saturated carbocycles. The first-order valence-electron chi connectivity index (χ1n) is 6.88. The number of H-pyrrole nitrogens is 1. The monoisotopic (exact) mass is 301 g/mol. The highest BCUT2D eigenvalue weighted by Crippen LogP contribution is 2.27. The molecule has 1 aromatic carbocycles. The summed E-state index contributed by atoms with van der Waals surface area (Å²) >= 11 is 0. The molecule has 0 unspecified atom stereocenters. The zero-order chi connectivity index (χ0) is 16.1. The van der Waals surface area contributed by atoms with Crippen LogP contribution in [0.15, 0.2) is 36.5 Å². The molecule has 0 aliphatic rings. The van der Waals surface area contributed by atoms with E-state index in [1.54, 1.807) is 18.3 Å². The molecule has 22 heavy (non-hydrogen) atoms. The number of carbonyl (C=O) groups excluding carboxylic acids is 1. The van der Waals surface area contributed by atoms with E-state index in [1.165, 1.54) is 19.2 Å². The minimum absolute atomic E-state index is 0.154. The van der Waals surface area contributed by atoms with Crippen LogP contribution in [0.1, 0.15) is 24.2 Å². The molecule has 0 bridgehead atoms. The van der Waals surface area contributed by atoms with Crippen LogP contribution in [0.3, 0.4) is 0 Å². The Morgan fingerprint density at radius 1 is 1.27 bits per heavy atom. The Morgan fingerprint density at radius 2 is 2.05 bits per heavy atom. The summed E-state index contributed by atoms with van der Waals surface area (Å²) < 4.78 is 18.7. The van der Waals surface area contributed by atoms with Crippen LogP contribution in [0, 0.1) is 5.82 Å². The number of fused-ring (bicyclic) bond motifs is 1. The average Bonchev–Trinajstić information content (AvgIpc) is 3.00. The summed E-state index contributed by atoms with van der Waals surface area (Å²) in [6.07, 6.45) is 1.61. The van der Waals surface area contributed by atoms with Crippen LogP contribution in [-0.2, 0) is 4.74 Å². The molecule has 2 heterocycles. The smallest absolute Gasteiger partial charge is 0.337 e. The molecule has 0 spiro atoms. The van der Waals surface area contributed by atoms with Gasteiger partial charge >= 0.3 is 5.97 Å². The van der Waals surface area contributed by atoms with Crippen LogP contribution in [0.4, 0.5) is 4.39 Å². The maximum absolute atomic E-state index is 14.1. The van der Waals surface area contributed by atoms with Gasteiger partial charge in [0, 0.05) is 11.8 Å². The highest BCUT2D eigenvalue weighted by Gasteiger charge is 2.15. The van der Waals surface area contributed by atoms with E-state index in [1.807, 2.05) is 13.8 Å². The number of methoxy groups -OCH3 is 1.